The van der Waals surface area contributed by atoms with Crippen molar-refractivity contribution in [2.75, 3.05) is 0 Å². The lowest BCUT2D eigenvalue weighted by Crippen LogP contribution is -2.10. The van der Waals surface area contributed by atoms with Crippen LogP contribution in [0.25, 0.3) is 0 Å². The van der Waals surface area contributed by atoms with Crippen molar-refractivity contribution in [2.45, 2.75) is 32.0 Å². The Bertz CT molecular complexity index is 333. The summed E-state index contributed by atoms with van der Waals surface area (Å²) in [6.45, 7) is 1.71. The minimum atomic E-state index is -4.23. The Kier molecular flexibility index (Phi) is 3.38. The molecule has 1 aromatic rings. The van der Waals surface area contributed by atoms with Crippen molar-refractivity contribution >= 4 is 0 Å². The lowest BCUT2D eigenvalue weighted by atomic mass is 10.1. The van der Waals surface area contributed by atoms with E-state index in [1.165, 1.54) is 10.9 Å². The molecular formula is C9H13F3N2O. The predicted molar refractivity (Wildman–Crippen MR) is 48.2 cm³/mol. The molecule has 15 heavy (non-hydrogen) atoms. The zero-order chi connectivity index (χ0) is 11.6. The summed E-state index contributed by atoms with van der Waals surface area (Å²) < 4.78 is 37.2. The maximum absolute atomic E-state index is 11.9. The van der Waals surface area contributed by atoms with Crippen molar-refractivity contribution in [2.24, 2.45) is 7.05 Å². The third-order valence-electron chi connectivity index (χ3n) is 2.33. The van der Waals surface area contributed by atoms with Crippen LogP contribution in [-0.2, 0) is 7.05 Å². The highest BCUT2D eigenvalue weighted by Crippen LogP contribution is 2.28. The number of aromatic nitrogens is 2. The molecule has 1 unspecified atom stereocenters. The molecule has 0 aliphatic heterocycles. The van der Waals surface area contributed by atoms with Crippen LogP contribution in [0.3, 0.4) is 0 Å². The normalized spacial score (nSPS) is 14.3. The number of alkyl halides is 3. The monoisotopic (exact) mass is 222 g/mol. The molecule has 1 aromatic heterocycles. The van der Waals surface area contributed by atoms with Crippen LogP contribution >= 0.6 is 0 Å². The van der Waals surface area contributed by atoms with E-state index in [-0.39, 0.29) is 6.42 Å². The Morgan fingerprint density at radius 1 is 1.53 bits per heavy atom. The maximum Gasteiger partial charge on any atom is 0.389 e. The van der Waals surface area contributed by atoms with E-state index in [2.05, 4.69) is 5.10 Å². The summed E-state index contributed by atoms with van der Waals surface area (Å²) in [5.74, 6) is 0. The number of rotatable bonds is 3. The Labute approximate surface area is 85.5 Å². The van der Waals surface area contributed by atoms with Crippen molar-refractivity contribution in [3.8, 4) is 0 Å². The van der Waals surface area contributed by atoms with Crippen LogP contribution in [0.5, 0.6) is 0 Å². The zero-order valence-electron chi connectivity index (χ0n) is 8.54. The second kappa shape index (κ2) is 4.22. The Morgan fingerprint density at radius 3 is 2.53 bits per heavy atom. The molecule has 0 saturated heterocycles. The minimum absolute atomic E-state index is 0.323. The number of aliphatic hydroxyl groups excluding tert-OH is 1. The Hall–Kier alpha value is -1.04. The van der Waals surface area contributed by atoms with Gasteiger partial charge in [-0.1, -0.05) is 0 Å². The minimum Gasteiger partial charge on any atom is -0.388 e. The van der Waals surface area contributed by atoms with Crippen molar-refractivity contribution in [3.63, 3.8) is 0 Å². The van der Waals surface area contributed by atoms with Gasteiger partial charge in [-0.05, 0) is 13.3 Å². The second-order valence-electron chi connectivity index (χ2n) is 3.48. The average molecular weight is 222 g/mol. The lowest BCUT2D eigenvalue weighted by molar-refractivity contribution is -0.140. The first-order valence-corrected chi connectivity index (χ1v) is 4.54. The standard InChI is InChI=1S/C9H13F3N2O/c1-6-7(5-13-14(6)2)8(15)3-4-9(10,11)12/h5,8,15H,3-4H2,1-2H3. The van der Waals surface area contributed by atoms with Crippen molar-refractivity contribution in [1.29, 1.82) is 0 Å². The van der Waals surface area contributed by atoms with Gasteiger partial charge < -0.3 is 5.11 Å². The molecular weight excluding hydrogens is 209 g/mol. The van der Waals surface area contributed by atoms with Crippen molar-refractivity contribution in [1.82, 2.24) is 9.78 Å². The molecule has 0 aliphatic rings. The highest BCUT2D eigenvalue weighted by atomic mass is 19.4. The topological polar surface area (TPSA) is 38.1 Å². The number of hydrogen-bond donors (Lipinski definition) is 1. The van der Waals surface area contributed by atoms with Crippen LogP contribution in [0.15, 0.2) is 6.20 Å². The van der Waals surface area contributed by atoms with E-state index in [1.54, 1.807) is 14.0 Å². The first-order valence-electron chi connectivity index (χ1n) is 4.54. The fraction of sp³-hybridized carbons (Fsp3) is 0.667. The van der Waals surface area contributed by atoms with E-state index in [4.69, 9.17) is 0 Å². The summed E-state index contributed by atoms with van der Waals surface area (Å²) in [4.78, 5) is 0. The first kappa shape index (κ1) is 12.0. The Morgan fingerprint density at radius 2 is 2.13 bits per heavy atom. The lowest BCUT2D eigenvalue weighted by Gasteiger charge is -2.11. The van der Waals surface area contributed by atoms with Gasteiger partial charge in [-0.3, -0.25) is 4.68 Å². The number of halogens is 3. The fourth-order valence-electron chi connectivity index (χ4n) is 1.30. The van der Waals surface area contributed by atoms with Crippen molar-refractivity contribution < 1.29 is 18.3 Å². The quantitative estimate of drug-likeness (QED) is 0.850. The predicted octanol–water partition coefficient (Wildman–Crippen LogP) is 2.10. The zero-order valence-corrected chi connectivity index (χ0v) is 8.54. The molecule has 1 atom stereocenters. The van der Waals surface area contributed by atoms with Crippen LogP contribution < -0.4 is 0 Å². The second-order valence-corrected chi connectivity index (χ2v) is 3.48. The van der Waals surface area contributed by atoms with Gasteiger partial charge in [-0.25, -0.2) is 0 Å². The van der Waals surface area contributed by atoms with Gasteiger partial charge in [0, 0.05) is 24.7 Å². The average Bonchev–Trinajstić information content (AvgIpc) is 2.43. The fourth-order valence-corrected chi connectivity index (χ4v) is 1.30. The molecule has 1 rings (SSSR count). The smallest absolute Gasteiger partial charge is 0.388 e. The van der Waals surface area contributed by atoms with Gasteiger partial charge in [0.05, 0.1) is 12.3 Å². The molecule has 0 saturated carbocycles. The van der Waals surface area contributed by atoms with Crippen LogP contribution in [0.2, 0.25) is 0 Å². The maximum atomic E-state index is 11.9. The van der Waals surface area contributed by atoms with Gasteiger partial charge in [-0.15, -0.1) is 0 Å². The van der Waals surface area contributed by atoms with Gasteiger partial charge in [0.2, 0.25) is 0 Å². The third-order valence-corrected chi connectivity index (χ3v) is 2.33. The van der Waals surface area contributed by atoms with Gasteiger partial charge >= 0.3 is 6.18 Å². The van der Waals surface area contributed by atoms with E-state index < -0.39 is 18.7 Å². The summed E-state index contributed by atoms with van der Waals surface area (Å²) in [6.07, 6.45) is -5.23. The number of nitrogens with zero attached hydrogens (tertiary/aromatic N) is 2. The molecule has 0 bridgehead atoms. The first-order chi connectivity index (χ1) is 6.81. The van der Waals surface area contributed by atoms with Crippen molar-refractivity contribution in [3.05, 3.63) is 17.5 Å². The summed E-state index contributed by atoms with van der Waals surface area (Å²) in [5, 5.41) is 13.4. The van der Waals surface area contributed by atoms with Crippen LogP contribution in [0.4, 0.5) is 13.2 Å². The molecule has 1 N–H and O–H groups in total. The van der Waals surface area contributed by atoms with Crippen LogP contribution in [-0.4, -0.2) is 21.1 Å². The number of aryl methyl sites for hydroxylation is 1. The molecule has 86 valence electrons. The van der Waals surface area contributed by atoms with Crippen LogP contribution in [0.1, 0.15) is 30.2 Å². The van der Waals surface area contributed by atoms with E-state index in [1.807, 2.05) is 0 Å². The number of aliphatic hydroxyl groups is 1. The highest BCUT2D eigenvalue weighted by molar-refractivity contribution is 5.18. The van der Waals surface area contributed by atoms with E-state index in [9.17, 15) is 18.3 Å². The van der Waals surface area contributed by atoms with Crippen LogP contribution in [0, 0.1) is 6.92 Å². The van der Waals surface area contributed by atoms with E-state index in [0.717, 1.165) is 0 Å². The molecule has 1 heterocycles. The van der Waals surface area contributed by atoms with E-state index >= 15 is 0 Å². The van der Waals surface area contributed by atoms with E-state index in [0.29, 0.717) is 11.3 Å². The molecule has 0 aromatic carbocycles. The summed E-state index contributed by atoms with van der Waals surface area (Å²) >= 11 is 0. The SMILES string of the molecule is Cc1c(C(O)CCC(F)(F)F)cnn1C. The summed E-state index contributed by atoms with van der Waals surface area (Å²) in [5.41, 5.74) is 1.14. The highest BCUT2D eigenvalue weighted by Gasteiger charge is 2.28. The molecule has 0 fully saturated rings. The van der Waals surface area contributed by atoms with Gasteiger partial charge in [0.15, 0.2) is 0 Å². The molecule has 6 heteroatoms. The number of hydrogen-bond acceptors (Lipinski definition) is 2. The summed E-state index contributed by atoms with van der Waals surface area (Å²) in [6, 6.07) is 0. The Balaban J connectivity index is 2.62. The molecule has 0 spiro atoms. The van der Waals surface area contributed by atoms with Gasteiger partial charge in [0.1, 0.15) is 0 Å². The molecule has 0 radical (unpaired) electrons. The molecule has 3 nitrogen and oxygen atoms in total. The molecule has 0 amide bonds. The van der Waals surface area contributed by atoms with Gasteiger partial charge in [-0.2, -0.15) is 18.3 Å². The molecule has 0 aliphatic carbocycles. The third kappa shape index (κ3) is 3.23. The largest absolute Gasteiger partial charge is 0.389 e. The van der Waals surface area contributed by atoms with Gasteiger partial charge in [0.25, 0.3) is 0 Å². The summed E-state index contributed by atoms with van der Waals surface area (Å²) in [7, 11) is 1.68.